The molecule has 0 aliphatic carbocycles. The van der Waals surface area contributed by atoms with Crippen LogP contribution in [0.4, 0.5) is 8.78 Å². The van der Waals surface area contributed by atoms with Gasteiger partial charge < -0.3 is 9.52 Å². The molecule has 2 aromatic carbocycles. The van der Waals surface area contributed by atoms with E-state index in [1.54, 1.807) is 13.0 Å². The highest BCUT2D eigenvalue weighted by Gasteiger charge is 2.18. The maximum absolute atomic E-state index is 13.1. The van der Waals surface area contributed by atoms with Crippen molar-refractivity contribution < 1.29 is 18.3 Å². The number of benzene rings is 2. The topological polar surface area (TPSA) is 33.4 Å². The van der Waals surface area contributed by atoms with Crippen LogP contribution in [-0.4, -0.2) is 5.11 Å². The smallest absolute Gasteiger partial charge is 0.138 e. The van der Waals surface area contributed by atoms with Gasteiger partial charge in [0.05, 0.1) is 0 Å². The molecule has 3 aromatic rings. The molecule has 4 heteroatoms. The van der Waals surface area contributed by atoms with E-state index < -0.39 is 6.10 Å². The van der Waals surface area contributed by atoms with E-state index in [2.05, 4.69) is 0 Å². The molecule has 0 saturated carbocycles. The second-order valence-electron chi connectivity index (χ2n) is 4.73. The molecular formula is C16H12F2O2. The molecule has 1 unspecified atom stereocenters. The van der Waals surface area contributed by atoms with Crippen molar-refractivity contribution >= 4 is 11.0 Å². The zero-order chi connectivity index (χ0) is 14.3. The number of halogens is 2. The summed E-state index contributed by atoms with van der Waals surface area (Å²) in [4.78, 5) is 0. The van der Waals surface area contributed by atoms with E-state index >= 15 is 0 Å². The summed E-state index contributed by atoms with van der Waals surface area (Å²) in [5.74, 6) is -0.414. The van der Waals surface area contributed by atoms with Gasteiger partial charge in [0.15, 0.2) is 0 Å². The Kier molecular flexibility index (Phi) is 3.03. The second-order valence-corrected chi connectivity index (χ2v) is 4.73. The zero-order valence-corrected chi connectivity index (χ0v) is 10.7. The quantitative estimate of drug-likeness (QED) is 0.763. The summed E-state index contributed by atoms with van der Waals surface area (Å²) >= 11 is 0. The number of rotatable bonds is 2. The summed E-state index contributed by atoms with van der Waals surface area (Å²) in [6.45, 7) is 1.71. The van der Waals surface area contributed by atoms with Crippen LogP contribution in [0.15, 0.2) is 46.9 Å². The molecule has 0 amide bonds. The Morgan fingerprint density at radius 3 is 2.45 bits per heavy atom. The van der Waals surface area contributed by atoms with Gasteiger partial charge in [0, 0.05) is 5.39 Å². The van der Waals surface area contributed by atoms with Gasteiger partial charge in [0.2, 0.25) is 0 Å². The maximum Gasteiger partial charge on any atom is 0.138 e. The summed E-state index contributed by atoms with van der Waals surface area (Å²) in [7, 11) is 0. The Morgan fingerprint density at radius 1 is 1.00 bits per heavy atom. The van der Waals surface area contributed by atoms with Crippen LogP contribution in [0, 0.1) is 18.6 Å². The summed E-state index contributed by atoms with van der Waals surface area (Å²) in [5, 5.41) is 10.9. The number of aryl methyl sites for hydroxylation is 1. The average molecular weight is 274 g/mol. The van der Waals surface area contributed by atoms with Gasteiger partial charge in [-0.1, -0.05) is 6.07 Å². The third-order valence-electron chi connectivity index (χ3n) is 3.29. The molecule has 0 aliphatic heterocycles. The maximum atomic E-state index is 13.1. The fourth-order valence-electron chi connectivity index (χ4n) is 2.27. The Bertz CT molecular complexity index is 777. The SMILES string of the molecule is Cc1cc(F)ccc1C(O)c1cc2cc(F)ccc2o1. The lowest BCUT2D eigenvalue weighted by atomic mass is 10.0. The molecule has 0 bridgehead atoms. The van der Waals surface area contributed by atoms with Gasteiger partial charge in [-0.15, -0.1) is 0 Å². The number of aliphatic hydroxyl groups excluding tert-OH is 1. The minimum Gasteiger partial charge on any atom is -0.458 e. The van der Waals surface area contributed by atoms with Crippen LogP contribution in [0.1, 0.15) is 23.0 Å². The Balaban J connectivity index is 2.05. The summed E-state index contributed by atoms with van der Waals surface area (Å²) < 4.78 is 31.7. The monoisotopic (exact) mass is 274 g/mol. The summed E-state index contributed by atoms with van der Waals surface area (Å²) in [6.07, 6.45) is -1.01. The number of aliphatic hydroxyl groups is 1. The highest BCUT2D eigenvalue weighted by atomic mass is 19.1. The van der Waals surface area contributed by atoms with Crippen molar-refractivity contribution in [2.24, 2.45) is 0 Å². The van der Waals surface area contributed by atoms with Crippen molar-refractivity contribution in [3.63, 3.8) is 0 Å². The Hall–Kier alpha value is -2.20. The lowest BCUT2D eigenvalue weighted by Crippen LogP contribution is -2.01. The molecular weight excluding hydrogens is 262 g/mol. The van der Waals surface area contributed by atoms with Gasteiger partial charge in [-0.2, -0.15) is 0 Å². The lowest BCUT2D eigenvalue weighted by Gasteiger charge is -2.11. The minimum atomic E-state index is -1.01. The standard InChI is InChI=1S/C16H12F2O2/c1-9-6-11(17)2-4-13(9)16(19)15-8-10-7-12(18)3-5-14(10)20-15/h2-8,16,19H,1H3. The number of hydrogen-bond donors (Lipinski definition) is 1. The molecule has 1 aromatic heterocycles. The molecule has 3 rings (SSSR count). The van der Waals surface area contributed by atoms with Gasteiger partial charge in [-0.3, -0.25) is 0 Å². The molecule has 20 heavy (non-hydrogen) atoms. The Labute approximate surface area is 114 Å². The van der Waals surface area contributed by atoms with Crippen LogP contribution in [0.25, 0.3) is 11.0 Å². The molecule has 0 spiro atoms. The second kappa shape index (κ2) is 4.72. The van der Waals surface area contributed by atoms with Gasteiger partial charge >= 0.3 is 0 Å². The van der Waals surface area contributed by atoms with Crippen molar-refractivity contribution in [3.8, 4) is 0 Å². The predicted molar refractivity (Wildman–Crippen MR) is 71.4 cm³/mol. The van der Waals surface area contributed by atoms with E-state index in [1.165, 1.54) is 36.4 Å². The zero-order valence-electron chi connectivity index (χ0n) is 10.7. The molecule has 102 valence electrons. The molecule has 1 N–H and O–H groups in total. The van der Waals surface area contributed by atoms with Gasteiger partial charge in [-0.05, 0) is 54.4 Å². The first-order valence-corrected chi connectivity index (χ1v) is 6.18. The third-order valence-corrected chi connectivity index (χ3v) is 3.29. The summed E-state index contributed by atoms with van der Waals surface area (Å²) in [6, 6.07) is 9.89. The van der Waals surface area contributed by atoms with E-state index in [0.717, 1.165) is 0 Å². The normalized spacial score (nSPS) is 12.8. The van der Waals surface area contributed by atoms with Crippen LogP contribution >= 0.6 is 0 Å². The number of furan rings is 1. The van der Waals surface area contributed by atoms with E-state index in [4.69, 9.17) is 4.42 Å². The third kappa shape index (κ3) is 2.18. The molecule has 0 saturated heterocycles. The molecule has 1 heterocycles. The number of fused-ring (bicyclic) bond motifs is 1. The molecule has 0 fully saturated rings. The molecule has 0 radical (unpaired) electrons. The molecule has 0 aliphatic rings. The molecule has 1 atom stereocenters. The van der Waals surface area contributed by atoms with Crippen LogP contribution < -0.4 is 0 Å². The minimum absolute atomic E-state index is 0.306. The highest BCUT2D eigenvalue weighted by Crippen LogP contribution is 2.30. The van der Waals surface area contributed by atoms with E-state index in [0.29, 0.717) is 27.9 Å². The fourth-order valence-corrected chi connectivity index (χ4v) is 2.27. The van der Waals surface area contributed by atoms with Crippen molar-refractivity contribution in [2.45, 2.75) is 13.0 Å². The van der Waals surface area contributed by atoms with E-state index in [1.807, 2.05) is 0 Å². The van der Waals surface area contributed by atoms with Crippen molar-refractivity contribution in [3.05, 3.63) is 71.0 Å². The van der Waals surface area contributed by atoms with Gasteiger partial charge in [-0.25, -0.2) is 8.78 Å². The summed E-state index contributed by atoms with van der Waals surface area (Å²) in [5.41, 5.74) is 1.69. The molecule has 2 nitrogen and oxygen atoms in total. The fraction of sp³-hybridized carbons (Fsp3) is 0.125. The van der Waals surface area contributed by atoms with Crippen LogP contribution in [0.5, 0.6) is 0 Å². The van der Waals surface area contributed by atoms with Crippen molar-refractivity contribution in [1.29, 1.82) is 0 Å². The van der Waals surface area contributed by atoms with Crippen LogP contribution in [0.3, 0.4) is 0 Å². The first-order chi connectivity index (χ1) is 9.54. The highest BCUT2D eigenvalue weighted by molar-refractivity contribution is 5.78. The van der Waals surface area contributed by atoms with Crippen molar-refractivity contribution in [2.75, 3.05) is 0 Å². The van der Waals surface area contributed by atoms with Crippen LogP contribution in [-0.2, 0) is 0 Å². The van der Waals surface area contributed by atoms with Crippen LogP contribution in [0.2, 0.25) is 0 Å². The largest absolute Gasteiger partial charge is 0.458 e. The van der Waals surface area contributed by atoms with Gasteiger partial charge in [0.25, 0.3) is 0 Å². The lowest BCUT2D eigenvalue weighted by molar-refractivity contribution is 0.191. The van der Waals surface area contributed by atoms with E-state index in [-0.39, 0.29) is 11.6 Å². The average Bonchev–Trinajstić information content (AvgIpc) is 2.81. The first-order valence-electron chi connectivity index (χ1n) is 6.18. The first kappa shape index (κ1) is 12.8. The Morgan fingerprint density at radius 2 is 1.70 bits per heavy atom. The van der Waals surface area contributed by atoms with E-state index in [9.17, 15) is 13.9 Å². The van der Waals surface area contributed by atoms with Crippen molar-refractivity contribution in [1.82, 2.24) is 0 Å². The predicted octanol–water partition coefficient (Wildman–Crippen LogP) is 4.10. The number of hydrogen-bond acceptors (Lipinski definition) is 2. The van der Waals surface area contributed by atoms with Gasteiger partial charge in [0.1, 0.15) is 29.1 Å².